The maximum absolute atomic E-state index is 11.3. The number of carbonyl (C=O) groups is 1. The smallest absolute Gasteiger partial charge is 0.224 e. The van der Waals surface area contributed by atoms with Gasteiger partial charge in [-0.1, -0.05) is 18.2 Å². The molecule has 0 spiro atoms. The summed E-state index contributed by atoms with van der Waals surface area (Å²) in [6.07, 6.45) is 0.373. The molecule has 0 saturated carbocycles. The number of carbonyl (C=O) groups excluding carboxylic acids is 1. The largest absolute Gasteiger partial charge is 0.496 e. The number of hydrogen-bond donors (Lipinski definition) is 1. The Hall–Kier alpha value is -1.51. The molecule has 0 radical (unpaired) electrons. The molecule has 1 aromatic carbocycles. The summed E-state index contributed by atoms with van der Waals surface area (Å²) in [5.74, 6) is 0.788. The van der Waals surface area contributed by atoms with Gasteiger partial charge in [0.25, 0.3) is 0 Å². The van der Waals surface area contributed by atoms with Crippen molar-refractivity contribution in [2.75, 3.05) is 13.7 Å². The van der Waals surface area contributed by atoms with Crippen molar-refractivity contribution in [3.8, 4) is 5.75 Å². The third-order valence-corrected chi connectivity index (χ3v) is 1.92. The molecule has 0 aliphatic heterocycles. The van der Waals surface area contributed by atoms with Gasteiger partial charge in [0.05, 0.1) is 13.5 Å². The van der Waals surface area contributed by atoms with Gasteiger partial charge in [0.15, 0.2) is 0 Å². The number of para-hydroxylation sites is 1. The maximum atomic E-state index is 11.3. The molecule has 0 aliphatic carbocycles. The topological polar surface area (TPSA) is 38.3 Å². The van der Waals surface area contributed by atoms with Gasteiger partial charge in [-0.25, -0.2) is 0 Å². The molecule has 1 aromatic rings. The van der Waals surface area contributed by atoms with Crippen LogP contribution in [0.15, 0.2) is 24.3 Å². The highest BCUT2D eigenvalue weighted by molar-refractivity contribution is 5.79. The van der Waals surface area contributed by atoms with Crippen molar-refractivity contribution in [2.24, 2.45) is 0 Å². The lowest BCUT2D eigenvalue weighted by molar-refractivity contribution is -0.120. The molecule has 0 aliphatic rings. The number of amides is 1. The Kier molecular flexibility index (Phi) is 3.98. The van der Waals surface area contributed by atoms with Crippen LogP contribution in [0.1, 0.15) is 12.5 Å². The van der Waals surface area contributed by atoms with Crippen molar-refractivity contribution in [2.45, 2.75) is 13.3 Å². The van der Waals surface area contributed by atoms with Gasteiger partial charge in [0, 0.05) is 12.1 Å². The minimum Gasteiger partial charge on any atom is -0.496 e. The Morgan fingerprint density at radius 1 is 1.43 bits per heavy atom. The van der Waals surface area contributed by atoms with E-state index in [0.717, 1.165) is 11.3 Å². The summed E-state index contributed by atoms with van der Waals surface area (Å²) in [5, 5.41) is 2.75. The van der Waals surface area contributed by atoms with Crippen LogP contribution in [0.25, 0.3) is 0 Å². The number of ether oxygens (including phenoxy) is 1. The van der Waals surface area contributed by atoms with Crippen molar-refractivity contribution in [3.63, 3.8) is 0 Å². The lowest BCUT2D eigenvalue weighted by Gasteiger charge is -2.07. The molecule has 1 rings (SSSR count). The van der Waals surface area contributed by atoms with Crippen molar-refractivity contribution in [1.29, 1.82) is 0 Å². The monoisotopic (exact) mass is 193 g/mol. The van der Waals surface area contributed by atoms with E-state index in [-0.39, 0.29) is 5.91 Å². The first-order chi connectivity index (χ1) is 6.77. The molecular formula is C11H15NO2. The van der Waals surface area contributed by atoms with Crippen LogP contribution in [0.2, 0.25) is 0 Å². The van der Waals surface area contributed by atoms with Gasteiger partial charge in [-0.2, -0.15) is 0 Å². The molecule has 1 amide bonds. The van der Waals surface area contributed by atoms with Crippen molar-refractivity contribution < 1.29 is 9.53 Å². The first-order valence-corrected chi connectivity index (χ1v) is 4.66. The standard InChI is InChI=1S/C11H15NO2/c1-3-12-11(13)8-9-6-4-5-7-10(9)14-2/h4-7H,3,8H2,1-2H3,(H,12,13). The van der Waals surface area contributed by atoms with Gasteiger partial charge in [-0.15, -0.1) is 0 Å². The molecule has 0 aromatic heterocycles. The predicted molar refractivity (Wildman–Crippen MR) is 55.4 cm³/mol. The predicted octanol–water partition coefficient (Wildman–Crippen LogP) is 1.37. The summed E-state index contributed by atoms with van der Waals surface area (Å²) in [6.45, 7) is 2.56. The fraction of sp³-hybridized carbons (Fsp3) is 0.364. The highest BCUT2D eigenvalue weighted by Crippen LogP contribution is 2.17. The lowest BCUT2D eigenvalue weighted by Crippen LogP contribution is -2.24. The molecule has 3 nitrogen and oxygen atoms in total. The number of nitrogens with one attached hydrogen (secondary N) is 1. The van der Waals surface area contributed by atoms with Gasteiger partial charge in [0.2, 0.25) is 5.91 Å². The summed E-state index contributed by atoms with van der Waals surface area (Å²) < 4.78 is 5.14. The molecule has 0 saturated heterocycles. The Morgan fingerprint density at radius 3 is 2.79 bits per heavy atom. The van der Waals surface area contributed by atoms with Crippen molar-refractivity contribution in [3.05, 3.63) is 29.8 Å². The minimum absolute atomic E-state index is 0.0250. The average molecular weight is 193 g/mol. The fourth-order valence-corrected chi connectivity index (χ4v) is 1.28. The first kappa shape index (κ1) is 10.6. The Morgan fingerprint density at radius 2 is 2.14 bits per heavy atom. The van der Waals surface area contributed by atoms with E-state index in [2.05, 4.69) is 5.32 Å². The van der Waals surface area contributed by atoms with Crippen molar-refractivity contribution >= 4 is 5.91 Å². The normalized spacial score (nSPS) is 9.57. The highest BCUT2D eigenvalue weighted by Gasteiger charge is 2.06. The van der Waals surface area contributed by atoms with Crippen LogP contribution in [-0.2, 0) is 11.2 Å². The molecular weight excluding hydrogens is 178 g/mol. The number of benzene rings is 1. The van der Waals surface area contributed by atoms with E-state index < -0.39 is 0 Å². The summed E-state index contributed by atoms with van der Waals surface area (Å²) in [6, 6.07) is 7.54. The first-order valence-electron chi connectivity index (χ1n) is 4.66. The van der Waals surface area contributed by atoms with E-state index in [1.165, 1.54) is 0 Å². The molecule has 0 fully saturated rings. The van der Waals surface area contributed by atoms with Gasteiger partial charge in [-0.3, -0.25) is 4.79 Å². The van der Waals surface area contributed by atoms with Crippen LogP contribution < -0.4 is 10.1 Å². The SMILES string of the molecule is CCNC(=O)Cc1ccccc1OC. The van der Waals surface area contributed by atoms with Crippen LogP contribution in [0.4, 0.5) is 0 Å². The van der Waals surface area contributed by atoms with Gasteiger partial charge >= 0.3 is 0 Å². The van der Waals surface area contributed by atoms with Crippen LogP contribution in [0.5, 0.6) is 5.75 Å². The second-order valence-electron chi connectivity index (χ2n) is 2.94. The number of hydrogen-bond acceptors (Lipinski definition) is 2. The third-order valence-electron chi connectivity index (χ3n) is 1.92. The Labute approximate surface area is 84.1 Å². The lowest BCUT2D eigenvalue weighted by atomic mass is 10.1. The maximum Gasteiger partial charge on any atom is 0.224 e. The van der Waals surface area contributed by atoms with Gasteiger partial charge in [0.1, 0.15) is 5.75 Å². The third kappa shape index (κ3) is 2.76. The van der Waals surface area contributed by atoms with Gasteiger partial charge in [-0.05, 0) is 13.0 Å². The zero-order chi connectivity index (χ0) is 10.4. The Bertz CT molecular complexity index is 310. The van der Waals surface area contributed by atoms with Crippen LogP contribution in [0.3, 0.4) is 0 Å². The van der Waals surface area contributed by atoms with Crippen molar-refractivity contribution in [1.82, 2.24) is 5.32 Å². The summed E-state index contributed by atoms with van der Waals surface area (Å²) >= 11 is 0. The molecule has 3 heteroatoms. The van der Waals surface area contributed by atoms with Crippen LogP contribution in [-0.4, -0.2) is 19.6 Å². The summed E-state index contributed by atoms with van der Waals surface area (Å²) in [7, 11) is 1.61. The number of likely N-dealkylation sites (N-methyl/N-ethyl adjacent to an activating group) is 1. The molecule has 76 valence electrons. The quantitative estimate of drug-likeness (QED) is 0.784. The molecule has 0 unspecified atom stereocenters. The average Bonchev–Trinajstić information content (AvgIpc) is 2.19. The zero-order valence-electron chi connectivity index (χ0n) is 8.54. The molecule has 0 atom stereocenters. The minimum atomic E-state index is 0.0250. The summed E-state index contributed by atoms with van der Waals surface area (Å²) in [4.78, 5) is 11.3. The Balaban J connectivity index is 2.70. The number of methoxy groups -OCH3 is 1. The van der Waals surface area contributed by atoms with E-state index >= 15 is 0 Å². The van der Waals surface area contributed by atoms with E-state index in [4.69, 9.17) is 4.74 Å². The van der Waals surface area contributed by atoms with E-state index in [1.54, 1.807) is 7.11 Å². The summed E-state index contributed by atoms with van der Waals surface area (Å²) in [5.41, 5.74) is 0.918. The van der Waals surface area contributed by atoms with E-state index in [1.807, 2.05) is 31.2 Å². The fourth-order valence-electron chi connectivity index (χ4n) is 1.28. The molecule has 0 heterocycles. The van der Waals surface area contributed by atoms with Crippen LogP contribution >= 0.6 is 0 Å². The second-order valence-corrected chi connectivity index (χ2v) is 2.94. The molecule has 0 bridgehead atoms. The molecule has 1 N–H and O–H groups in total. The van der Waals surface area contributed by atoms with Crippen LogP contribution in [0, 0.1) is 0 Å². The molecule has 14 heavy (non-hydrogen) atoms. The van der Waals surface area contributed by atoms with E-state index in [9.17, 15) is 4.79 Å². The van der Waals surface area contributed by atoms with Gasteiger partial charge < -0.3 is 10.1 Å². The number of rotatable bonds is 4. The zero-order valence-corrected chi connectivity index (χ0v) is 8.54. The van der Waals surface area contributed by atoms with E-state index in [0.29, 0.717) is 13.0 Å². The highest BCUT2D eigenvalue weighted by atomic mass is 16.5. The second kappa shape index (κ2) is 5.27.